The van der Waals surface area contributed by atoms with Gasteiger partial charge < -0.3 is 5.32 Å². The first-order chi connectivity index (χ1) is 7.87. The number of hydrogen-bond acceptors (Lipinski definition) is 4. The zero-order valence-corrected chi connectivity index (χ0v) is 14.1. The Hall–Kier alpha value is -0.0400. The van der Waals surface area contributed by atoms with Crippen molar-refractivity contribution < 1.29 is 0 Å². The molecular formula is C12H20IN3S. The fourth-order valence-corrected chi connectivity index (χ4v) is 2.87. The van der Waals surface area contributed by atoms with Crippen molar-refractivity contribution >= 4 is 40.2 Å². The molecule has 0 saturated heterocycles. The molecule has 1 N–H and O–H groups in total. The summed E-state index contributed by atoms with van der Waals surface area (Å²) in [4.78, 5) is 9.17. The zero-order valence-electron chi connectivity index (χ0n) is 11.1. The number of rotatable bonds is 4. The average molecular weight is 365 g/mol. The fourth-order valence-electron chi connectivity index (χ4n) is 1.29. The standard InChI is InChI=1S/C12H20IN3S/c1-6-8-10(13)11(14-5)16-9(15-8)7-17-12(2,3)4/h6-7H2,1-5H3,(H,14,15,16). The highest BCUT2D eigenvalue weighted by molar-refractivity contribution is 14.1. The van der Waals surface area contributed by atoms with Gasteiger partial charge in [0, 0.05) is 11.8 Å². The van der Waals surface area contributed by atoms with E-state index in [1.165, 1.54) is 0 Å². The summed E-state index contributed by atoms with van der Waals surface area (Å²) in [5.41, 5.74) is 1.13. The Kier molecular flexibility index (Phi) is 5.50. The van der Waals surface area contributed by atoms with Crippen LogP contribution in [0.3, 0.4) is 0 Å². The predicted molar refractivity (Wildman–Crippen MR) is 84.7 cm³/mol. The Labute approximate surface area is 122 Å². The SMILES string of the molecule is CCc1nc(CSC(C)(C)C)nc(NC)c1I. The van der Waals surface area contributed by atoms with Crippen molar-refractivity contribution in [1.82, 2.24) is 9.97 Å². The number of hydrogen-bond donors (Lipinski definition) is 1. The first kappa shape index (κ1) is 15.0. The Morgan fingerprint density at radius 2 is 1.94 bits per heavy atom. The Balaban J connectivity index is 2.93. The third-order valence-electron chi connectivity index (χ3n) is 2.17. The fraction of sp³-hybridized carbons (Fsp3) is 0.667. The molecular weight excluding hydrogens is 345 g/mol. The van der Waals surface area contributed by atoms with Gasteiger partial charge in [0.1, 0.15) is 11.6 Å². The van der Waals surface area contributed by atoms with E-state index in [-0.39, 0.29) is 4.75 Å². The third-order valence-corrected chi connectivity index (χ3v) is 4.57. The van der Waals surface area contributed by atoms with Gasteiger partial charge in [-0.2, -0.15) is 0 Å². The highest BCUT2D eigenvalue weighted by atomic mass is 127. The van der Waals surface area contributed by atoms with E-state index in [4.69, 9.17) is 0 Å². The minimum atomic E-state index is 0.249. The molecule has 1 aromatic rings. The molecule has 1 rings (SSSR count). The molecule has 1 heterocycles. The van der Waals surface area contributed by atoms with Crippen LogP contribution in [0.5, 0.6) is 0 Å². The molecule has 0 bridgehead atoms. The van der Waals surface area contributed by atoms with Gasteiger partial charge in [0.05, 0.1) is 15.0 Å². The predicted octanol–water partition coefficient (Wildman–Crippen LogP) is 3.72. The maximum Gasteiger partial charge on any atom is 0.143 e. The Morgan fingerprint density at radius 3 is 2.41 bits per heavy atom. The van der Waals surface area contributed by atoms with Crippen molar-refractivity contribution in [3.8, 4) is 0 Å². The summed E-state index contributed by atoms with van der Waals surface area (Å²) in [6, 6.07) is 0. The van der Waals surface area contributed by atoms with E-state index in [0.29, 0.717) is 0 Å². The highest BCUT2D eigenvalue weighted by Crippen LogP contribution is 2.27. The first-order valence-electron chi connectivity index (χ1n) is 5.74. The molecule has 17 heavy (non-hydrogen) atoms. The van der Waals surface area contributed by atoms with Crippen LogP contribution in [0.2, 0.25) is 0 Å². The van der Waals surface area contributed by atoms with Gasteiger partial charge in [-0.3, -0.25) is 0 Å². The summed E-state index contributed by atoms with van der Waals surface area (Å²) in [5, 5.41) is 3.14. The number of aromatic nitrogens is 2. The van der Waals surface area contributed by atoms with Gasteiger partial charge in [0.15, 0.2) is 0 Å². The van der Waals surface area contributed by atoms with Gasteiger partial charge in [-0.1, -0.05) is 27.7 Å². The van der Waals surface area contributed by atoms with Crippen LogP contribution in [0.4, 0.5) is 5.82 Å². The summed E-state index contributed by atoms with van der Waals surface area (Å²) in [6.45, 7) is 8.77. The van der Waals surface area contributed by atoms with Gasteiger partial charge in [0.25, 0.3) is 0 Å². The molecule has 1 aromatic heterocycles. The van der Waals surface area contributed by atoms with Gasteiger partial charge in [-0.15, -0.1) is 11.8 Å². The van der Waals surface area contributed by atoms with E-state index < -0.39 is 0 Å². The number of halogens is 1. The summed E-state index contributed by atoms with van der Waals surface area (Å²) in [6.07, 6.45) is 0.947. The second-order valence-electron chi connectivity index (χ2n) is 4.75. The van der Waals surface area contributed by atoms with Crippen LogP contribution in [-0.4, -0.2) is 21.8 Å². The van der Waals surface area contributed by atoms with E-state index in [0.717, 1.165) is 33.1 Å². The van der Waals surface area contributed by atoms with Crippen LogP contribution in [0.15, 0.2) is 0 Å². The number of nitrogens with one attached hydrogen (secondary N) is 1. The second-order valence-corrected chi connectivity index (χ2v) is 7.63. The minimum absolute atomic E-state index is 0.249. The van der Waals surface area contributed by atoms with Gasteiger partial charge in [-0.25, -0.2) is 9.97 Å². The molecule has 0 atom stereocenters. The maximum absolute atomic E-state index is 4.62. The average Bonchev–Trinajstić information content (AvgIpc) is 2.26. The second kappa shape index (κ2) is 6.22. The van der Waals surface area contributed by atoms with E-state index in [2.05, 4.69) is 65.6 Å². The van der Waals surface area contributed by atoms with Gasteiger partial charge in [0.2, 0.25) is 0 Å². The monoisotopic (exact) mass is 365 g/mol. The molecule has 0 unspecified atom stereocenters. The van der Waals surface area contributed by atoms with E-state index in [1.807, 2.05) is 18.8 Å². The molecule has 0 amide bonds. The van der Waals surface area contributed by atoms with Crippen molar-refractivity contribution in [3.63, 3.8) is 0 Å². The molecule has 0 aliphatic rings. The molecule has 0 aliphatic heterocycles. The summed E-state index contributed by atoms with van der Waals surface area (Å²) < 4.78 is 1.38. The molecule has 0 radical (unpaired) electrons. The largest absolute Gasteiger partial charge is 0.372 e. The van der Waals surface area contributed by atoms with E-state index in [9.17, 15) is 0 Å². The van der Waals surface area contributed by atoms with Crippen LogP contribution >= 0.6 is 34.4 Å². The van der Waals surface area contributed by atoms with Gasteiger partial charge in [-0.05, 0) is 29.0 Å². The molecule has 0 fully saturated rings. The number of thioether (sulfide) groups is 1. The molecule has 0 saturated carbocycles. The third kappa shape index (κ3) is 4.62. The number of aryl methyl sites for hydroxylation is 1. The lowest BCUT2D eigenvalue weighted by Gasteiger charge is -2.17. The summed E-state index contributed by atoms with van der Waals surface area (Å²) in [5.74, 6) is 2.73. The van der Waals surface area contributed by atoms with Crippen LogP contribution in [0, 0.1) is 3.57 Å². The number of anilines is 1. The lowest BCUT2D eigenvalue weighted by molar-refractivity contribution is 0.799. The van der Waals surface area contributed by atoms with Crippen LogP contribution in [-0.2, 0) is 12.2 Å². The van der Waals surface area contributed by atoms with Crippen molar-refractivity contribution in [2.45, 2.75) is 44.6 Å². The molecule has 96 valence electrons. The van der Waals surface area contributed by atoms with E-state index in [1.54, 1.807) is 0 Å². The summed E-state index contributed by atoms with van der Waals surface area (Å²) >= 11 is 4.18. The normalized spacial score (nSPS) is 11.6. The van der Waals surface area contributed by atoms with Crippen molar-refractivity contribution in [2.24, 2.45) is 0 Å². The van der Waals surface area contributed by atoms with E-state index >= 15 is 0 Å². The van der Waals surface area contributed by atoms with Crippen molar-refractivity contribution in [2.75, 3.05) is 12.4 Å². The molecule has 0 spiro atoms. The van der Waals surface area contributed by atoms with Crippen LogP contribution in [0.1, 0.15) is 39.2 Å². The molecule has 3 nitrogen and oxygen atoms in total. The lowest BCUT2D eigenvalue weighted by atomic mass is 10.3. The Bertz CT molecular complexity index is 363. The zero-order chi connectivity index (χ0) is 13.1. The quantitative estimate of drug-likeness (QED) is 0.826. The lowest BCUT2D eigenvalue weighted by Crippen LogP contribution is -2.11. The van der Waals surface area contributed by atoms with Crippen LogP contribution < -0.4 is 5.32 Å². The minimum Gasteiger partial charge on any atom is -0.372 e. The smallest absolute Gasteiger partial charge is 0.143 e. The first-order valence-corrected chi connectivity index (χ1v) is 7.80. The topological polar surface area (TPSA) is 37.8 Å². The highest BCUT2D eigenvalue weighted by Gasteiger charge is 2.14. The van der Waals surface area contributed by atoms with Gasteiger partial charge >= 0.3 is 0 Å². The summed E-state index contributed by atoms with van der Waals surface area (Å²) in [7, 11) is 1.91. The van der Waals surface area contributed by atoms with Crippen LogP contribution in [0.25, 0.3) is 0 Å². The molecule has 0 aliphatic carbocycles. The van der Waals surface area contributed by atoms with Crippen molar-refractivity contribution in [3.05, 3.63) is 15.1 Å². The van der Waals surface area contributed by atoms with Crippen molar-refractivity contribution in [1.29, 1.82) is 0 Å². The molecule has 5 heteroatoms. The number of nitrogens with zero attached hydrogens (tertiary/aromatic N) is 2. The maximum atomic E-state index is 4.62. The molecule has 0 aromatic carbocycles. The Morgan fingerprint density at radius 1 is 1.29 bits per heavy atom.